The highest BCUT2D eigenvalue weighted by Crippen LogP contribution is 2.31. The molecular formula is C17H24N4O. The molecule has 1 aromatic carbocycles. The molecule has 2 unspecified atom stereocenters. The first-order chi connectivity index (χ1) is 10.7. The van der Waals surface area contributed by atoms with Crippen molar-refractivity contribution in [3.05, 3.63) is 41.7 Å². The van der Waals surface area contributed by atoms with Crippen molar-refractivity contribution < 1.29 is 4.74 Å². The van der Waals surface area contributed by atoms with Crippen LogP contribution in [0.3, 0.4) is 0 Å². The van der Waals surface area contributed by atoms with Gasteiger partial charge >= 0.3 is 0 Å². The fraction of sp³-hybridized carbons (Fsp3) is 0.529. The fourth-order valence-corrected chi connectivity index (χ4v) is 3.33. The maximum absolute atomic E-state index is 5.17. The number of hydrogen-bond acceptors (Lipinski definition) is 4. The van der Waals surface area contributed by atoms with Crippen molar-refractivity contribution >= 4 is 5.95 Å². The summed E-state index contributed by atoms with van der Waals surface area (Å²) in [5.74, 6) is 2.48. The molecule has 22 heavy (non-hydrogen) atoms. The van der Waals surface area contributed by atoms with Gasteiger partial charge in [0, 0.05) is 26.7 Å². The summed E-state index contributed by atoms with van der Waals surface area (Å²) < 4.78 is 7.22. The van der Waals surface area contributed by atoms with E-state index in [0.717, 1.165) is 24.7 Å². The highest BCUT2D eigenvalue weighted by Gasteiger charge is 2.33. The summed E-state index contributed by atoms with van der Waals surface area (Å²) in [6.45, 7) is 3.84. The monoisotopic (exact) mass is 300 g/mol. The van der Waals surface area contributed by atoms with Crippen LogP contribution in [0.25, 0.3) is 0 Å². The summed E-state index contributed by atoms with van der Waals surface area (Å²) in [5.41, 5.74) is 1.42. The summed E-state index contributed by atoms with van der Waals surface area (Å²) in [6.07, 6.45) is 2.32. The predicted molar refractivity (Wildman–Crippen MR) is 86.8 cm³/mol. The summed E-state index contributed by atoms with van der Waals surface area (Å²) in [7, 11) is 3.70. The average molecular weight is 300 g/mol. The van der Waals surface area contributed by atoms with Crippen molar-refractivity contribution in [2.24, 2.45) is 13.0 Å². The first kappa shape index (κ1) is 15.0. The van der Waals surface area contributed by atoms with E-state index in [2.05, 4.69) is 52.4 Å². The average Bonchev–Trinajstić information content (AvgIpc) is 3.06. The fourth-order valence-electron chi connectivity index (χ4n) is 3.33. The van der Waals surface area contributed by atoms with Crippen molar-refractivity contribution in [3.63, 3.8) is 0 Å². The number of ether oxygens (including phenoxy) is 1. The third-order valence-corrected chi connectivity index (χ3v) is 4.73. The van der Waals surface area contributed by atoms with Gasteiger partial charge in [-0.15, -0.1) is 10.2 Å². The number of methoxy groups -OCH3 is 1. The van der Waals surface area contributed by atoms with Crippen LogP contribution in [0.1, 0.15) is 24.7 Å². The molecule has 5 heteroatoms. The highest BCUT2D eigenvalue weighted by atomic mass is 16.5. The van der Waals surface area contributed by atoms with Crippen LogP contribution in [0.2, 0.25) is 0 Å². The van der Waals surface area contributed by atoms with Gasteiger partial charge in [0.25, 0.3) is 0 Å². The van der Waals surface area contributed by atoms with Gasteiger partial charge in [-0.25, -0.2) is 0 Å². The molecule has 2 aromatic rings. The Morgan fingerprint density at radius 1 is 1.23 bits per heavy atom. The molecular weight excluding hydrogens is 276 g/mol. The van der Waals surface area contributed by atoms with Crippen LogP contribution in [-0.4, -0.2) is 34.5 Å². The van der Waals surface area contributed by atoms with Crippen LogP contribution in [0.4, 0.5) is 5.95 Å². The maximum atomic E-state index is 5.17. The van der Waals surface area contributed by atoms with Crippen molar-refractivity contribution in [1.82, 2.24) is 14.8 Å². The Morgan fingerprint density at radius 2 is 2.00 bits per heavy atom. The van der Waals surface area contributed by atoms with E-state index in [9.17, 15) is 0 Å². The van der Waals surface area contributed by atoms with Gasteiger partial charge in [0.1, 0.15) is 6.61 Å². The Kier molecular flexibility index (Phi) is 4.43. The molecule has 0 aliphatic carbocycles. The molecule has 2 heterocycles. The van der Waals surface area contributed by atoms with Gasteiger partial charge in [-0.2, -0.15) is 0 Å². The van der Waals surface area contributed by atoms with Gasteiger partial charge in [0.2, 0.25) is 5.95 Å². The van der Waals surface area contributed by atoms with Crippen LogP contribution in [0.15, 0.2) is 30.3 Å². The smallest absolute Gasteiger partial charge is 0.227 e. The minimum Gasteiger partial charge on any atom is -0.377 e. The molecule has 1 aliphatic heterocycles. The van der Waals surface area contributed by atoms with Gasteiger partial charge in [-0.3, -0.25) is 4.57 Å². The second-order valence-corrected chi connectivity index (χ2v) is 6.08. The lowest BCUT2D eigenvalue weighted by Crippen LogP contribution is -2.32. The molecule has 0 N–H and O–H groups in total. The Hall–Kier alpha value is -1.88. The lowest BCUT2D eigenvalue weighted by atomic mass is 9.93. The molecule has 118 valence electrons. The SMILES string of the molecule is COCc1nnc(N2CCC(Cc3ccccc3)C2C)n1C. The van der Waals surface area contributed by atoms with Crippen LogP contribution in [0, 0.1) is 5.92 Å². The van der Waals surface area contributed by atoms with Crippen LogP contribution in [0.5, 0.6) is 0 Å². The van der Waals surface area contributed by atoms with Gasteiger partial charge in [0.15, 0.2) is 5.82 Å². The number of rotatable bonds is 5. The number of benzene rings is 1. The quantitative estimate of drug-likeness (QED) is 0.850. The van der Waals surface area contributed by atoms with E-state index in [-0.39, 0.29) is 0 Å². The van der Waals surface area contributed by atoms with Gasteiger partial charge in [0.05, 0.1) is 0 Å². The minimum atomic E-state index is 0.471. The summed E-state index contributed by atoms with van der Waals surface area (Å²) in [4.78, 5) is 2.37. The summed E-state index contributed by atoms with van der Waals surface area (Å²) in [5, 5.41) is 8.61. The molecule has 0 spiro atoms. The largest absolute Gasteiger partial charge is 0.377 e. The van der Waals surface area contributed by atoms with Crippen LogP contribution in [-0.2, 0) is 24.8 Å². The maximum Gasteiger partial charge on any atom is 0.227 e. The summed E-state index contributed by atoms with van der Waals surface area (Å²) >= 11 is 0. The van der Waals surface area contributed by atoms with Gasteiger partial charge in [-0.1, -0.05) is 30.3 Å². The van der Waals surface area contributed by atoms with Crippen molar-refractivity contribution in [2.75, 3.05) is 18.6 Å². The standard InChI is InChI=1S/C17H24N4O/c1-13-15(11-14-7-5-4-6-8-14)9-10-21(13)17-19-18-16(12-22-3)20(17)2/h4-8,13,15H,9-12H2,1-3H3. The number of anilines is 1. The first-order valence-electron chi connectivity index (χ1n) is 7.88. The normalized spacial score (nSPS) is 21.5. The van der Waals surface area contributed by atoms with E-state index in [1.54, 1.807) is 7.11 Å². The second-order valence-electron chi connectivity index (χ2n) is 6.08. The third kappa shape index (κ3) is 2.86. The zero-order chi connectivity index (χ0) is 15.5. The molecule has 2 atom stereocenters. The molecule has 1 aromatic heterocycles. The lowest BCUT2D eigenvalue weighted by Gasteiger charge is -2.25. The zero-order valence-corrected chi connectivity index (χ0v) is 13.6. The molecule has 1 saturated heterocycles. The molecule has 1 aliphatic rings. The zero-order valence-electron chi connectivity index (χ0n) is 13.6. The van der Waals surface area contributed by atoms with E-state index in [1.165, 1.54) is 12.0 Å². The van der Waals surface area contributed by atoms with E-state index in [0.29, 0.717) is 18.6 Å². The van der Waals surface area contributed by atoms with Gasteiger partial charge < -0.3 is 9.64 Å². The lowest BCUT2D eigenvalue weighted by molar-refractivity contribution is 0.175. The number of aromatic nitrogens is 3. The number of nitrogens with zero attached hydrogens (tertiary/aromatic N) is 4. The van der Waals surface area contributed by atoms with Crippen molar-refractivity contribution in [1.29, 1.82) is 0 Å². The molecule has 0 radical (unpaired) electrons. The Balaban J connectivity index is 1.72. The molecule has 0 amide bonds. The molecule has 0 bridgehead atoms. The second kappa shape index (κ2) is 6.48. The third-order valence-electron chi connectivity index (χ3n) is 4.73. The van der Waals surface area contributed by atoms with E-state index in [4.69, 9.17) is 4.74 Å². The molecule has 5 nitrogen and oxygen atoms in total. The Bertz CT molecular complexity index is 610. The number of hydrogen-bond donors (Lipinski definition) is 0. The van der Waals surface area contributed by atoms with Crippen molar-refractivity contribution in [3.8, 4) is 0 Å². The predicted octanol–water partition coefficient (Wildman–Crippen LogP) is 2.42. The Morgan fingerprint density at radius 3 is 2.73 bits per heavy atom. The van der Waals surface area contributed by atoms with Crippen molar-refractivity contribution in [2.45, 2.75) is 32.4 Å². The Labute approximate surface area is 131 Å². The summed E-state index contributed by atoms with van der Waals surface area (Å²) in [6, 6.07) is 11.2. The first-order valence-corrected chi connectivity index (χ1v) is 7.88. The molecule has 3 rings (SSSR count). The molecule has 0 saturated carbocycles. The van der Waals surface area contributed by atoms with E-state index >= 15 is 0 Å². The molecule has 1 fully saturated rings. The van der Waals surface area contributed by atoms with E-state index in [1.807, 2.05) is 11.6 Å². The van der Waals surface area contributed by atoms with Crippen LogP contribution >= 0.6 is 0 Å². The highest BCUT2D eigenvalue weighted by molar-refractivity contribution is 5.35. The minimum absolute atomic E-state index is 0.471. The van der Waals surface area contributed by atoms with Gasteiger partial charge in [-0.05, 0) is 31.2 Å². The van der Waals surface area contributed by atoms with Crippen LogP contribution < -0.4 is 4.90 Å². The van der Waals surface area contributed by atoms with E-state index < -0.39 is 0 Å². The topological polar surface area (TPSA) is 43.2 Å².